The van der Waals surface area contributed by atoms with Crippen molar-refractivity contribution in [1.29, 1.82) is 0 Å². The van der Waals surface area contributed by atoms with E-state index in [1.54, 1.807) is 12.3 Å². The number of nitrogens with two attached hydrogens (primary N) is 1. The van der Waals surface area contributed by atoms with E-state index in [1.165, 1.54) is 4.52 Å². The Morgan fingerprint density at radius 3 is 3.10 bits per heavy atom. The van der Waals surface area contributed by atoms with Crippen LogP contribution in [0.5, 0.6) is 0 Å². The van der Waals surface area contributed by atoms with Crippen LogP contribution in [0.1, 0.15) is 16.8 Å². The number of pyridine rings is 1. The zero-order chi connectivity index (χ0) is 14.3. The Hall–Kier alpha value is -2.16. The van der Waals surface area contributed by atoms with Crippen molar-refractivity contribution in [1.82, 2.24) is 25.2 Å². The van der Waals surface area contributed by atoms with E-state index < -0.39 is 0 Å². The maximum Gasteiger partial charge on any atom is 0.255 e. The van der Waals surface area contributed by atoms with E-state index in [2.05, 4.69) is 36.6 Å². The number of hydrogen-bond acceptors (Lipinski definition) is 5. The fourth-order valence-electron chi connectivity index (χ4n) is 2.11. The molecule has 2 aromatic rings. The number of hydrogen-bond donors (Lipinski definition) is 3. The summed E-state index contributed by atoms with van der Waals surface area (Å²) in [5.41, 5.74) is 6.27. The molecule has 1 saturated heterocycles. The summed E-state index contributed by atoms with van der Waals surface area (Å²) in [6, 6.07) is 1.43. The van der Waals surface area contributed by atoms with Gasteiger partial charge in [0, 0.05) is 23.6 Å². The number of amides is 2. The van der Waals surface area contributed by atoms with Crippen LogP contribution in [0.2, 0.25) is 0 Å². The number of aromatic nitrogens is 3. The summed E-state index contributed by atoms with van der Waals surface area (Å²) in [6.45, 7) is 0.434. The van der Waals surface area contributed by atoms with Crippen LogP contribution in [0.15, 0.2) is 16.7 Å². The van der Waals surface area contributed by atoms with Crippen LogP contribution >= 0.6 is 15.9 Å². The van der Waals surface area contributed by atoms with Crippen molar-refractivity contribution < 1.29 is 9.59 Å². The Kier molecular flexibility index (Phi) is 3.05. The molecule has 3 rings (SSSR count). The molecular formula is C11H11BrN6O2. The van der Waals surface area contributed by atoms with Gasteiger partial charge in [0.2, 0.25) is 11.9 Å². The lowest BCUT2D eigenvalue weighted by molar-refractivity contribution is -0.119. The standard InChI is InChI=1S/C11H11BrN6O2/c12-5-1-7(9-16-11(13)17-18(9)4-5)10(20)15-6-2-8(19)14-3-6/h1,4,6H,2-3H2,(H2,13,17)(H,14,19)(H,15,20). The van der Waals surface area contributed by atoms with E-state index in [0.717, 1.165) is 0 Å². The maximum absolute atomic E-state index is 12.3. The third kappa shape index (κ3) is 2.31. The molecule has 1 fully saturated rings. The second kappa shape index (κ2) is 4.75. The summed E-state index contributed by atoms with van der Waals surface area (Å²) >= 11 is 3.31. The number of carbonyl (C=O) groups is 2. The van der Waals surface area contributed by atoms with Gasteiger partial charge in [-0.1, -0.05) is 0 Å². The third-order valence-corrected chi connectivity index (χ3v) is 3.41. The van der Waals surface area contributed by atoms with E-state index >= 15 is 0 Å². The van der Waals surface area contributed by atoms with Crippen molar-refractivity contribution in [2.45, 2.75) is 12.5 Å². The molecule has 104 valence electrons. The molecule has 0 aromatic carbocycles. The van der Waals surface area contributed by atoms with Crippen molar-refractivity contribution in [3.8, 4) is 0 Å². The highest BCUT2D eigenvalue weighted by Crippen LogP contribution is 2.17. The van der Waals surface area contributed by atoms with Crippen molar-refractivity contribution in [3.63, 3.8) is 0 Å². The molecule has 0 radical (unpaired) electrons. The van der Waals surface area contributed by atoms with Crippen LogP contribution in [0, 0.1) is 0 Å². The SMILES string of the molecule is Nc1nc2c(C(=O)NC3CNC(=O)C3)cc(Br)cn2n1. The van der Waals surface area contributed by atoms with Gasteiger partial charge in [-0.05, 0) is 22.0 Å². The summed E-state index contributed by atoms with van der Waals surface area (Å²) in [5, 5.41) is 9.42. The number of anilines is 1. The van der Waals surface area contributed by atoms with Crippen molar-refractivity contribution in [2.75, 3.05) is 12.3 Å². The Labute approximate surface area is 121 Å². The normalized spacial score (nSPS) is 18.2. The average Bonchev–Trinajstić information content (AvgIpc) is 2.93. The molecule has 1 aliphatic rings. The number of carbonyl (C=O) groups excluding carboxylic acids is 2. The monoisotopic (exact) mass is 338 g/mol. The van der Waals surface area contributed by atoms with Gasteiger partial charge in [0.1, 0.15) is 0 Å². The fourth-order valence-corrected chi connectivity index (χ4v) is 2.53. The maximum atomic E-state index is 12.3. The number of rotatable bonds is 2. The van der Waals surface area contributed by atoms with E-state index in [-0.39, 0.29) is 30.2 Å². The van der Waals surface area contributed by atoms with Crippen molar-refractivity contribution in [2.24, 2.45) is 0 Å². The smallest absolute Gasteiger partial charge is 0.255 e. The molecule has 9 heteroatoms. The van der Waals surface area contributed by atoms with E-state index in [4.69, 9.17) is 5.73 Å². The predicted octanol–water partition coefficient (Wildman–Crippen LogP) is -0.308. The zero-order valence-electron chi connectivity index (χ0n) is 10.3. The van der Waals surface area contributed by atoms with Gasteiger partial charge >= 0.3 is 0 Å². The van der Waals surface area contributed by atoms with Gasteiger partial charge in [0.25, 0.3) is 5.91 Å². The van der Waals surface area contributed by atoms with Crippen LogP contribution in [0.25, 0.3) is 5.65 Å². The molecule has 0 saturated carbocycles. The molecule has 0 aliphatic carbocycles. The molecule has 0 bridgehead atoms. The van der Waals surface area contributed by atoms with Crippen LogP contribution in [0.3, 0.4) is 0 Å². The van der Waals surface area contributed by atoms with Gasteiger partial charge in [-0.3, -0.25) is 9.59 Å². The van der Waals surface area contributed by atoms with Crippen molar-refractivity contribution >= 4 is 39.3 Å². The highest BCUT2D eigenvalue weighted by molar-refractivity contribution is 9.10. The molecule has 2 aromatic heterocycles. The highest BCUT2D eigenvalue weighted by atomic mass is 79.9. The Morgan fingerprint density at radius 2 is 2.40 bits per heavy atom. The van der Waals surface area contributed by atoms with Crippen LogP contribution < -0.4 is 16.4 Å². The summed E-state index contributed by atoms with van der Waals surface area (Å²) in [6.07, 6.45) is 1.95. The Bertz CT molecular complexity index is 712. The first-order valence-electron chi connectivity index (χ1n) is 5.92. The molecule has 4 N–H and O–H groups in total. The van der Waals surface area contributed by atoms with Gasteiger partial charge < -0.3 is 16.4 Å². The molecule has 1 atom stereocenters. The number of fused-ring (bicyclic) bond motifs is 1. The Balaban J connectivity index is 1.92. The van der Waals surface area contributed by atoms with E-state index in [0.29, 0.717) is 22.2 Å². The van der Waals surface area contributed by atoms with Crippen LogP contribution in [-0.4, -0.2) is 39.0 Å². The number of nitrogens with zero attached hydrogens (tertiary/aromatic N) is 3. The van der Waals surface area contributed by atoms with Crippen LogP contribution in [0.4, 0.5) is 5.95 Å². The quantitative estimate of drug-likeness (QED) is 0.695. The molecule has 20 heavy (non-hydrogen) atoms. The van der Waals surface area contributed by atoms with Crippen LogP contribution in [-0.2, 0) is 4.79 Å². The molecule has 3 heterocycles. The predicted molar refractivity (Wildman–Crippen MR) is 74.0 cm³/mol. The topological polar surface area (TPSA) is 114 Å². The lowest BCUT2D eigenvalue weighted by Crippen LogP contribution is -2.36. The summed E-state index contributed by atoms with van der Waals surface area (Å²) in [7, 11) is 0. The molecule has 1 unspecified atom stereocenters. The van der Waals surface area contributed by atoms with Gasteiger partial charge in [0.15, 0.2) is 5.65 Å². The first-order chi connectivity index (χ1) is 9.52. The minimum atomic E-state index is -0.315. The first kappa shape index (κ1) is 12.9. The fraction of sp³-hybridized carbons (Fsp3) is 0.273. The average molecular weight is 339 g/mol. The molecule has 2 amide bonds. The summed E-state index contributed by atoms with van der Waals surface area (Å²) in [4.78, 5) is 27.4. The third-order valence-electron chi connectivity index (χ3n) is 2.97. The lowest BCUT2D eigenvalue weighted by Gasteiger charge is -2.10. The summed E-state index contributed by atoms with van der Waals surface area (Å²) in [5.74, 6) is -0.290. The second-order valence-corrected chi connectivity index (χ2v) is 5.40. The van der Waals surface area contributed by atoms with E-state index in [9.17, 15) is 9.59 Å². The molecular weight excluding hydrogens is 328 g/mol. The largest absolute Gasteiger partial charge is 0.366 e. The van der Waals surface area contributed by atoms with Gasteiger partial charge in [-0.2, -0.15) is 4.98 Å². The van der Waals surface area contributed by atoms with Crippen molar-refractivity contribution in [3.05, 3.63) is 22.3 Å². The minimum Gasteiger partial charge on any atom is -0.366 e. The number of halogens is 1. The molecule has 8 nitrogen and oxygen atoms in total. The second-order valence-electron chi connectivity index (χ2n) is 4.49. The number of nitrogen functional groups attached to an aromatic ring is 1. The van der Waals surface area contributed by atoms with Gasteiger partial charge in [0.05, 0.1) is 11.6 Å². The molecule has 0 spiro atoms. The minimum absolute atomic E-state index is 0.0681. The first-order valence-corrected chi connectivity index (χ1v) is 6.71. The number of nitrogens with one attached hydrogen (secondary N) is 2. The Morgan fingerprint density at radius 1 is 1.60 bits per heavy atom. The van der Waals surface area contributed by atoms with E-state index in [1.807, 2.05) is 0 Å². The summed E-state index contributed by atoms with van der Waals surface area (Å²) < 4.78 is 2.12. The molecule has 1 aliphatic heterocycles. The van der Waals surface area contributed by atoms with Gasteiger partial charge in [-0.15, -0.1) is 5.10 Å². The highest BCUT2D eigenvalue weighted by Gasteiger charge is 2.24. The lowest BCUT2D eigenvalue weighted by atomic mass is 10.2. The van der Waals surface area contributed by atoms with Gasteiger partial charge in [-0.25, -0.2) is 4.52 Å². The zero-order valence-corrected chi connectivity index (χ0v) is 11.8.